The molecule has 0 aliphatic heterocycles. The third kappa shape index (κ3) is 3.80. The number of benzene rings is 2. The van der Waals surface area contributed by atoms with Crippen LogP contribution in [-0.4, -0.2) is 5.84 Å². The Morgan fingerprint density at radius 3 is 2.20 bits per heavy atom. The first-order chi connectivity index (χ1) is 9.69. The minimum absolute atomic E-state index is 0.238. The van der Waals surface area contributed by atoms with Gasteiger partial charge in [0, 0.05) is 12.1 Å². The average Bonchev–Trinajstić information content (AvgIpc) is 2.49. The van der Waals surface area contributed by atoms with Gasteiger partial charge in [-0.25, -0.2) is 4.39 Å². The van der Waals surface area contributed by atoms with Crippen LogP contribution in [0.4, 0.5) is 4.39 Å². The first-order valence-corrected chi connectivity index (χ1v) is 6.18. The second kappa shape index (κ2) is 6.68. The van der Waals surface area contributed by atoms with Crippen molar-refractivity contribution in [2.45, 2.75) is 13.2 Å². The van der Waals surface area contributed by atoms with E-state index in [4.69, 9.17) is 16.3 Å². The molecule has 4 N–H and O–H groups in total. The first kappa shape index (κ1) is 14.0. The lowest BCUT2D eigenvalue weighted by Gasteiger charge is -2.03. The molecule has 0 atom stereocenters. The molecule has 2 rings (SSSR count). The normalized spacial score (nSPS) is 11.4. The van der Waals surface area contributed by atoms with E-state index in [0.717, 1.165) is 16.7 Å². The molecule has 0 radical (unpaired) electrons. The fourth-order valence-electron chi connectivity index (χ4n) is 1.62. The van der Waals surface area contributed by atoms with Crippen LogP contribution in [0.5, 0.6) is 0 Å². The van der Waals surface area contributed by atoms with Crippen LogP contribution >= 0.6 is 0 Å². The summed E-state index contributed by atoms with van der Waals surface area (Å²) in [6.45, 7) is 0.722. The Bertz CT molecular complexity index is 579. The van der Waals surface area contributed by atoms with Gasteiger partial charge < -0.3 is 16.3 Å². The Hall–Kier alpha value is -2.40. The highest BCUT2D eigenvalue weighted by molar-refractivity contribution is 5.97. The van der Waals surface area contributed by atoms with Crippen molar-refractivity contribution in [3.8, 4) is 0 Å². The quantitative estimate of drug-likeness (QED) is 0.498. The summed E-state index contributed by atoms with van der Waals surface area (Å²) in [5.74, 6) is 0.00689. The van der Waals surface area contributed by atoms with Crippen molar-refractivity contribution in [2.75, 3.05) is 0 Å². The Kier molecular flexibility index (Phi) is 4.68. The lowest BCUT2D eigenvalue weighted by atomic mass is 10.1. The molecule has 0 aliphatic carbocycles. The third-order valence-electron chi connectivity index (χ3n) is 2.79. The maximum atomic E-state index is 12.7. The molecule has 104 valence electrons. The lowest BCUT2D eigenvalue weighted by Crippen LogP contribution is -2.14. The van der Waals surface area contributed by atoms with E-state index in [1.807, 2.05) is 24.3 Å². The zero-order valence-corrected chi connectivity index (χ0v) is 10.9. The van der Waals surface area contributed by atoms with E-state index in [1.54, 1.807) is 12.1 Å². The number of oxime groups is 1. The van der Waals surface area contributed by atoms with Crippen LogP contribution in [0, 0.1) is 5.82 Å². The second-order valence-electron chi connectivity index (χ2n) is 4.28. The highest BCUT2D eigenvalue weighted by Gasteiger charge is 2.00. The summed E-state index contributed by atoms with van der Waals surface area (Å²) in [5.41, 5.74) is 13.9. The Morgan fingerprint density at radius 2 is 1.60 bits per heavy atom. The Balaban J connectivity index is 1.94. The van der Waals surface area contributed by atoms with Crippen LogP contribution in [0.15, 0.2) is 53.7 Å². The Morgan fingerprint density at radius 1 is 1.00 bits per heavy atom. The summed E-state index contributed by atoms with van der Waals surface area (Å²) in [5, 5.41) is 3.84. The van der Waals surface area contributed by atoms with Gasteiger partial charge in [0.25, 0.3) is 0 Å². The standard InChI is InChI=1S/C15H16FN3O/c16-14-7-3-12(4-8-14)10-20-19-15(18)13-5-1-11(9-17)2-6-13/h1-8H,9-10,17H2,(H2,18,19). The molecule has 0 saturated carbocycles. The predicted octanol–water partition coefficient (Wildman–Crippen LogP) is 2.12. The number of hydrogen-bond donors (Lipinski definition) is 2. The fourth-order valence-corrected chi connectivity index (χ4v) is 1.62. The van der Waals surface area contributed by atoms with Gasteiger partial charge >= 0.3 is 0 Å². The van der Waals surface area contributed by atoms with Crippen LogP contribution in [0.3, 0.4) is 0 Å². The van der Waals surface area contributed by atoms with Gasteiger partial charge in [-0.3, -0.25) is 0 Å². The number of nitrogens with zero attached hydrogens (tertiary/aromatic N) is 1. The minimum atomic E-state index is -0.281. The summed E-state index contributed by atoms with van der Waals surface area (Å²) >= 11 is 0. The molecule has 0 amide bonds. The monoisotopic (exact) mass is 273 g/mol. The average molecular weight is 273 g/mol. The molecule has 0 aliphatic rings. The molecule has 4 nitrogen and oxygen atoms in total. The molecule has 0 fully saturated rings. The van der Waals surface area contributed by atoms with Crippen molar-refractivity contribution in [1.29, 1.82) is 0 Å². The maximum Gasteiger partial charge on any atom is 0.170 e. The summed E-state index contributed by atoms with van der Waals surface area (Å²) in [7, 11) is 0. The van der Waals surface area contributed by atoms with E-state index >= 15 is 0 Å². The number of rotatable bonds is 5. The molecule has 0 heterocycles. The van der Waals surface area contributed by atoms with Crippen molar-refractivity contribution in [3.05, 3.63) is 71.0 Å². The molecular weight excluding hydrogens is 257 g/mol. The predicted molar refractivity (Wildman–Crippen MR) is 76.2 cm³/mol. The van der Waals surface area contributed by atoms with Crippen molar-refractivity contribution >= 4 is 5.84 Å². The van der Waals surface area contributed by atoms with E-state index < -0.39 is 0 Å². The van der Waals surface area contributed by atoms with Crippen LogP contribution in [0.2, 0.25) is 0 Å². The van der Waals surface area contributed by atoms with Crippen molar-refractivity contribution in [1.82, 2.24) is 0 Å². The summed E-state index contributed by atoms with van der Waals surface area (Å²) in [6.07, 6.45) is 0. The van der Waals surface area contributed by atoms with Gasteiger partial charge in [0.2, 0.25) is 0 Å². The highest BCUT2D eigenvalue weighted by Crippen LogP contribution is 2.06. The van der Waals surface area contributed by atoms with Crippen molar-refractivity contribution in [2.24, 2.45) is 16.6 Å². The van der Waals surface area contributed by atoms with Gasteiger partial charge in [-0.05, 0) is 23.3 Å². The van der Waals surface area contributed by atoms with Gasteiger partial charge in [0.15, 0.2) is 5.84 Å². The molecule has 0 aromatic heterocycles. The molecule has 2 aromatic carbocycles. The van der Waals surface area contributed by atoms with Crippen molar-refractivity contribution < 1.29 is 9.23 Å². The van der Waals surface area contributed by atoms with Gasteiger partial charge in [-0.15, -0.1) is 0 Å². The number of amidine groups is 1. The van der Waals surface area contributed by atoms with E-state index in [0.29, 0.717) is 6.54 Å². The van der Waals surface area contributed by atoms with Gasteiger partial charge in [-0.2, -0.15) is 0 Å². The zero-order chi connectivity index (χ0) is 14.4. The van der Waals surface area contributed by atoms with Gasteiger partial charge in [0.05, 0.1) is 0 Å². The second-order valence-corrected chi connectivity index (χ2v) is 4.28. The minimum Gasteiger partial charge on any atom is -0.389 e. The molecular formula is C15H16FN3O. The molecule has 0 saturated heterocycles. The molecule has 0 bridgehead atoms. The first-order valence-electron chi connectivity index (χ1n) is 6.18. The smallest absolute Gasteiger partial charge is 0.170 e. The summed E-state index contributed by atoms with van der Waals surface area (Å²) in [6, 6.07) is 13.5. The molecule has 20 heavy (non-hydrogen) atoms. The van der Waals surface area contributed by atoms with Crippen LogP contribution < -0.4 is 11.5 Å². The molecule has 0 spiro atoms. The highest BCUT2D eigenvalue weighted by atomic mass is 19.1. The fraction of sp³-hybridized carbons (Fsp3) is 0.133. The van der Waals surface area contributed by atoms with E-state index in [9.17, 15) is 4.39 Å². The number of hydrogen-bond acceptors (Lipinski definition) is 3. The molecule has 0 unspecified atom stereocenters. The van der Waals surface area contributed by atoms with Crippen molar-refractivity contribution in [3.63, 3.8) is 0 Å². The van der Waals surface area contributed by atoms with Gasteiger partial charge in [-0.1, -0.05) is 41.6 Å². The van der Waals surface area contributed by atoms with Crippen LogP contribution in [0.1, 0.15) is 16.7 Å². The number of nitrogens with two attached hydrogens (primary N) is 2. The molecule has 5 heteroatoms. The van der Waals surface area contributed by atoms with Crippen LogP contribution in [0.25, 0.3) is 0 Å². The summed E-state index contributed by atoms with van der Waals surface area (Å²) < 4.78 is 12.7. The third-order valence-corrected chi connectivity index (χ3v) is 2.79. The molecule has 2 aromatic rings. The largest absolute Gasteiger partial charge is 0.389 e. The van der Waals surface area contributed by atoms with Gasteiger partial charge in [0.1, 0.15) is 12.4 Å². The maximum absolute atomic E-state index is 12.7. The van der Waals surface area contributed by atoms with E-state index in [2.05, 4.69) is 5.16 Å². The lowest BCUT2D eigenvalue weighted by molar-refractivity contribution is 0.130. The Labute approximate surface area is 116 Å². The van der Waals surface area contributed by atoms with Crippen LogP contribution in [-0.2, 0) is 18.0 Å². The zero-order valence-electron chi connectivity index (χ0n) is 10.9. The SMILES string of the molecule is NCc1ccc(/C(N)=N/OCc2ccc(F)cc2)cc1. The summed E-state index contributed by atoms with van der Waals surface area (Å²) in [4.78, 5) is 5.15. The van der Waals surface area contributed by atoms with E-state index in [-0.39, 0.29) is 18.3 Å². The number of halogens is 1. The van der Waals surface area contributed by atoms with E-state index in [1.165, 1.54) is 12.1 Å². The topological polar surface area (TPSA) is 73.6 Å².